The van der Waals surface area contributed by atoms with Crippen molar-refractivity contribution < 1.29 is 9.53 Å². The van der Waals surface area contributed by atoms with E-state index in [1.165, 1.54) is 0 Å². The van der Waals surface area contributed by atoms with Gasteiger partial charge in [-0.25, -0.2) is 4.79 Å². The van der Waals surface area contributed by atoms with Crippen LogP contribution in [0.4, 0.5) is 0 Å². The van der Waals surface area contributed by atoms with Crippen LogP contribution in [0.25, 0.3) is 0 Å². The molecule has 0 aromatic heterocycles. The normalized spacial score (nSPS) is 13.8. The highest BCUT2D eigenvalue weighted by molar-refractivity contribution is 9.40. The number of hydrogen-bond donors (Lipinski definition) is 0. The van der Waals surface area contributed by atoms with Crippen LogP contribution in [0, 0.1) is 0 Å². The first kappa shape index (κ1) is 13.1. The van der Waals surface area contributed by atoms with E-state index >= 15 is 0 Å². The fourth-order valence-corrected chi connectivity index (χ4v) is 0.712. The maximum Gasteiger partial charge on any atom is 0.334 e. The zero-order chi connectivity index (χ0) is 9.94. The quantitative estimate of drug-likeness (QED) is 0.380. The van der Waals surface area contributed by atoms with Crippen LogP contribution in [0.5, 0.6) is 0 Å². The molecule has 0 amide bonds. The molecule has 0 aromatic carbocycles. The van der Waals surface area contributed by atoms with Gasteiger partial charge in [-0.15, -0.1) is 0 Å². The number of ether oxygens (including phenoxy) is 1. The molecule has 0 aliphatic carbocycles. The summed E-state index contributed by atoms with van der Waals surface area (Å²) in [6.45, 7) is 5.03. The number of carbonyl (C=O) groups excluding carboxylic acids is 1. The van der Waals surface area contributed by atoms with Gasteiger partial charge in [0.05, 0.1) is 0 Å². The monoisotopic (exact) mass is 426 g/mol. The molecule has 0 heterocycles. The Hall–Kier alpha value is 1.13. The van der Waals surface area contributed by atoms with Crippen molar-refractivity contribution in [3.63, 3.8) is 0 Å². The van der Waals surface area contributed by atoms with Crippen LogP contribution in [0.1, 0.15) is 6.92 Å². The van der Waals surface area contributed by atoms with Gasteiger partial charge in [0.15, 0.2) is 7.16 Å². The number of carbonyl (C=O) groups is 1. The average molecular weight is 430 g/mol. The Bertz CT molecular complexity index is 196. The molecule has 0 N–H and O–H groups in total. The smallest absolute Gasteiger partial charge is 0.334 e. The lowest BCUT2D eigenvalue weighted by molar-refractivity contribution is -0.139. The van der Waals surface area contributed by atoms with E-state index in [1.54, 1.807) is 6.92 Å². The molecule has 2 nitrogen and oxygen atoms in total. The zero-order valence-corrected chi connectivity index (χ0v) is 12.5. The Morgan fingerprint density at radius 3 is 2.17 bits per heavy atom. The molecule has 1 atom stereocenters. The second kappa shape index (κ2) is 5.12. The number of halogens is 4. The molecule has 6 heteroatoms. The maximum absolute atomic E-state index is 11.0. The predicted molar refractivity (Wildman–Crippen MR) is 63.1 cm³/mol. The van der Waals surface area contributed by atoms with Gasteiger partial charge < -0.3 is 4.74 Å². The predicted octanol–water partition coefficient (Wildman–Crippen LogP) is 3.67. The average Bonchev–Trinajstić information content (AvgIpc) is 1.85. The van der Waals surface area contributed by atoms with Crippen molar-refractivity contribution in [3.05, 3.63) is 12.2 Å². The van der Waals surface area contributed by atoms with Crippen LogP contribution in [0.15, 0.2) is 12.2 Å². The summed E-state index contributed by atoms with van der Waals surface area (Å²) in [6.07, 6.45) is 0. The summed E-state index contributed by atoms with van der Waals surface area (Å²) in [6, 6.07) is 0. The largest absolute Gasteiger partial charge is 0.444 e. The minimum Gasteiger partial charge on any atom is -0.444 e. The topological polar surface area (TPSA) is 26.3 Å². The van der Waals surface area contributed by atoms with Gasteiger partial charge >= 0.3 is 5.97 Å². The summed E-state index contributed by atoms with van der Waals surface area (Å²) < 4.78 is 4.26. The number of hydrogen-bond acceptors (Lipinski definition) is 2. The highest BCUT2D eigenvalue weighted by Gasteiger charge is 2.31. The van der Waals surface area contributed by atoms with E-state index < -0.39 is 13.1 Å². The van der Waals surface area contributed by atoms with Gasteiger partial charge in [0.25, 0.3) is 0 Å². The number of alkyl halides is 4. The second-order valence-electron chi connectivity index (χ2n) is 2.04. The first-order valence-corrected chi connectivity index (χ1v) is 6.12. The van der Waals surface area contributed by atoms with Crippen LogP contribution in [0.2, 0.25) is 0 Å². The maximum atomic E-state index is 11.0. The highest BCUT2D eigenvalue weighted by atomic mass is 80.0. The van der Waals surface area contributed by atoms with Crippen LogP contribution in [-0.2, 0) is 9.53 Å². The third-order valence-electron chi connectivity index (χ3n) is 0.816. The number of esters is 1. The lowest BCUT2D eigenvalue weighted by atomic mass is 10.4. The Balaban J connectivity index is 4.11. The molecule has 0 fully saturated rings. The third-order valence-corrected chi connectivity index (χ3v) is 4.78. The zero-order valence-electron chi connectivity index (χ0n) is 6.11. The standard InChI is InChI=1S/C6H6Br4O2/c1-3(2)4(11)12-5(7)6(8,9)10/h5H,1H2,2H3. The van der Waals surface area contributed by atoms with Crippen molar-refractivity contribution in [3.8, 4) is 0 Å². The van der Waals surface area contributed by atoms with Crippen molar-refractivity contribution in [2.24, 2.45) is 0 Å². The van der Waals surface area contributed by atoms with Gasteiger partial charge in [-0.05, 0) is 22.9 Å². The summed E-state index contributed by atoms with van der Waals surface area (Å²) in [4.78, 5) is 11.0. The lowest BCUT2D eigenvalue weighted by Gasteiger charge is -2.19. The van der Waals surface area contributed by atoms with Gasteiger partial charge in [0.2, 0.25) is 0 Å². The Kier molecular flexibility index (Phi) is 5.60. The Labute approximate surface area is 105 Å². The van der Waals surface area contributed by atoms with Crippen LogP contribution in [0.3, 0.4) is 0 Å². The molecule has 0 aromatic rings. The molecule has 0 rings (SSSR count). The minimum absolute atomic E-state index is 0.358. The van der Waals surface area contributed by atoms with Crippen LogP contribution >= 0.6 is 63.7 Å². The molecule has 0 bridgehead atoms. The Morgan fingerprint density at radius 1 is 1.50 bits per heavy atom. The van der Waals surface area contributed by atoms with Crippen molar-refractivity contribution in [2.75, 3.05) is 0 Å². The third kappa shape index (κ3) is 4.99. The van der Waals surface area contributed by atoms with Gasteiger partial charge in [-0.1, -0.05) is 54.4 Å². The fourth-order valence-electron chi connectivity index (χ4n) is 0.261. The van der Waals surface area contributed by atoms with Crippen LogP contribution < -0.4 is 0 Å². The van der Waals surface area contributed by atoms with Gasteiger partial charge in [-0.2, -0.15) is 0 Å². The molecule has 0 saturated heterocycles. The van der Waals surface area contributed by atoms with Crippen molar-refractivity contribution in [1.82, 2.24) is 0 Å². The minimum atomic E-state index is -0.655. The second-order valence-corrected chi connectivity index (χ2v) is 9.82. The van der Waals surface area contributed by atoms with E-state index in [0.29, 0.717) is 5.57 Å². The van der Waals surface area contributed by atoms with Crippen molar-refractivity contribution >= 4 is 69.7 Å². The fraction of sp³-hybridized carbons (Fsp3) is 0.500. The van der Waals surface area contributed by atoms with Gasteiger partial charge in [0.1, 0.15) is 0 Å². The molecule has 12 heavy (non-hydrogen) atoms. The summed E-state index contributed by atoms with van der Waals surface area (Å²) in [5.41, 5.74) is 0.358. The highest BCUT2D eigenvalue weighted by Crippen LogP contribution is 2.41. The molecule has 1 unspecified atom stereocenters. The molecule has 70 valence electrons. The number of rotatable bonds is 2. The summed E-state index contributed by atoms with van der Waals surface area (Å²) >= 11 is 12.7. The summed E-state index contributed by atoms with van der Waals surface area (Å²) in [5, 5.41) is -0.519. The lowest BCUT2D eigenvalue weighted by Crippen LogP contribution is -2.24. The van der Waals surface area contributed by atoms with Crippen molar-refractivity contribution in [2.45, 2.75) is 14.1 Å². The molecule has 0 saturated carbocycles. The summed E-state index contributed by atoms with van der Waals surface area (Å²) in [7, 11) is 0. The first-order chi connectivity index (χ1) is 5.25. The Morgan fingerprint density at radius 2 is 1.92 bits per heavy atom. The van der Waals surface area contributed by atoms with E-state index in [0.717, 1.165) is 0 Å². The SMILES string of the molecule is C=C(C)C(=O)OC(Br)C(Br)(Br)Br. The molecule has 0 spiro atoms. The van der Waals surface area contributed by atoms with Crippen molar-refractivity contribution in [1.29, 1.82) is 0 Å². The van der Waals surface area contributed by atoms with Gasteiger partial charge in [-0.3, -0.25) is 0 Å². The molecular weight excluding hydrogens is 424 g/mol. The molecular formula is C6H6Br4O2. The molecule has 0 radical (unpaired) electrons. The van der Waals surface area contributed by atoms with Gasteiger partial charge in [0, 0.05) is 5.57 Å². The van der Waals surface area contributed by atoms with E-state index in [1.807, 2.05) is 0 Å². The van der Waals surface area contributed by atoms with E-state index in [-0.39, 0.29) is 0 Å². The molecule has 0 aliphatic heterocycles. The van der Waals surface area contributed by atoms with E-state index in [4.69, 9.17) is 4.74 Å². The summed E-state index contributed by atoms with van der Waals surface area (Å²) in [5.74, 6) is -0.445. The van der Waals surface area contributed by atoms with E-state index in [9.17, 15) is 4.79 Å². The van der Waals surface area contributed by atoms with Crippen LogP contribution in [-0.4, -0.2) is 13.1 Å². The molecule has 0 aliphatic rings. The first-order valence-electron chi connectivity index (χ1n) is 2.82. The van der Waals surface area contributed by atoms with E-state index in [2.05, 4.69) is 70.3 Å².